The highest BCUT2D eigenvalue weighted by atomic mass is 16.5. The van der Waals surface area contributed by atoms with Crippen molar-refractivity contribution in [3.05, 3.63) is 24.3 Å². The number of aromatic amines is 1. The number of rotatable bonds is 1. The monoisotopic (exact) mass is 243 g/mol. The van der Waals surface area contributed by atoms with E-state index in [9.17, 15) is 0 Å². The number of hydrogen-bond donors (Lipinski definition) is 1. The first-order chi connectivity index (χ1) is 8.85. The Morgan fingerprint density at radius 2 is 2.22 bits per heavy atom. The summed E-state index contributed by atoms with van der Waals surface area (Å²) < 4.78 is 5.57. The molecule has 1 N–H and O–H groups in total. The zero-order chi connectivity index (χ0) is 12.0. The number of hydrogen-bond acceptors (Lipinski definition) is 3. The van der Waals surface area contributed by atoms with Gasteiger partial charge in [-0.25, -0.2) is 4.98 Å². The van der Waals surface area contributed by atoms with Crippen LogP contribution in [0, 0.1) is 5.41 Å². The van der Waals surface area contributed by atoms with E-state index >= 15 is 0 Å². The van der Waals surface area contributed by atoms with E-state index in [0.29, 0.717) is 5.41 Å². The average molecular weight is 243 g/mol. The highest BCUT2D eigenvalue weighted by Crippen LogP contribution is 2.39. The number of anilines is 1. The lowest BCUT2D eigenvalue weighted by atomic mass is 9.87. The molecular formula is C14H17N3O. The Morgan fingerprint density at radius 1 is 1.28 bits per heavy atom. The van der Waals surface area contributed by atoms with Crippen molar-refractivity contribution in [1.29, 1.82) is 0 Å². The lowest BCUT2D eigenvalue weighted by molar-refractivity contribution is 0.160. The molecule has 1 atom stereocenters. The van der Waals surface area contributed by atoms with Crippen molar-refractivity contribution in [3.8, 4) is 0 Å². The zero-order valence-electron chi connectivity index (χ0n) is 10.4. The van der Waals surface area contributed by atoms with Gasteiger partial charge in [-0.2, -0.15) is 0 Å². The van der Waals surface area contributed by atoms with E-state index in [-0.39, 0.29) is 0 Å². The molecule has 4 rings (SSSR count). The van der Waals surface area contributed by atoms with Gasteiger partial charge in [0.1, 0.15) is 0 Å². The molecule has 0 aliphatic carbocycles. The van der Waals surface area contributed by atoms with Crippen molar-refractivity contribution in [2.45, 2.75) is 12.8 Å². The van der Waals surface area contributed by atoms with Crippen molar-refractivity contribution < 1.29 is 4.74 Å². The van der Waals surface area contributed by atoms with Crippen LogP contribution < -0.4 is 4.90 Å². The Bertz CT molecular complexity index is 538. The van der Waals surface area contributed by atoms with E-state index in [2.05, 4.69) is 27.0 Å². The summed E-state index contributed by atoms with van der Waals surface area (Å²) in [6.07, 6.45) is 2.42. The molecule has 2 aliphatic rings. The maximum Gasteiger partial charge on any atom is 0.203 e. The summed E-state index contributed by atoms with van der Waals surface area (Å²) in [5.74, 6) is 1.01. The van der Waals surface area contributed by atoms with Gasteiger partial charge in [0, 0.05) is 25.1 Å². The summed E-state index contributed by atoms with van der Waals surface area (Å²) >= 11 is 0. The van der Waals surface area contributed by atoms with Gasteiger partial charge in [-0.15, -0.1) is 0 Å². The highest BCUT2D eigenvalue weighted by molar-refractivity contribution is 5.77. The van der Waals surface area contributed by atoms with E-state index in [1.54, 1.807) is 0 Å². The Morgan fingerprint density at radius 3 is 3.06 bits per heavy atom. The molecule has 1 spiro atoms. The predicted octanol–water partition coefficient (Wildman–Crippen LogP) is 2.18. The van der Waals surface area contributed by atoms with E-state index in [4.69, 9.17) is 4.74 Å². The number of nitrogens with zero attached hydrogens (tertiary/aromatic N) is 2. The van der Waals surface area contributed by atoms with Crippen molar-refractivity contribution >= 4 is 17.0 Å². The van der Waals surface area contributed by atoms with Gasteiger partial charge in [-0.1, -0.05) is 12.1 Å². The summed E-state index contributed by atoms with van der Waals surface area (Å²) in [7, 11) is 0. The maximum absolute atomic E-state index is 5.57. The normalized spacial score (nSPS) is 27.7. The predicted molar refractivity (Wildman–Crippen MR) is 70.8 cm³/mol. The molecule has 1 unspecified atom stereocenters. The van der Waals surface area contributed by atoms with Crippen LogP contribution in [0.5, 0.6) is 0 Å². The number of benzene rings is 1. The molecule has 2 aromatic rings. The maximum atomic E-state index is 5.57. The second kappa shape index (κ2) is 3.72. The lowest BCUT2D eigenvalue weighted by Gasteiger charge is -2.21. The van der Waals surface area contributed by atoms with Crippen molar-refractivity contribution in [3.63, 3.8) is 0 Å². The fraction of sp³-hybridized carbons (Fsp3) is 0.500. The zero-order valence-corrected chi connectivity index (χ0v) is 10.4. The topological polar surface area (TPSA) is 41.2 Å². The lowest BCUT2D eigenvalue weighted by Crippen LogP contribution is -2.27. The van der Waals surface area contributed by atoms with Gasteiger partial charge in [-0.05, 0) is 25.0 Å². The van der Waals surface area contributed by atoms with Gasteiger partial charge < -0.3 is 14.6 Å². The second-order valence-electron chi connectivity index (χ2n) is 5.55. The van der Waals surface area contributed by atoms with Crippen LogP contribution in [-0.2, 0) is 4.74 Å². The van der Waals surface area contributed by atoms with Crippen molar-refractivity contribution in [2.24, 2.45) is 5.41 Å². The first-order valence-corrected chi connectivity index (χ1v) is 6.62. The van der Waals surface area contributed by atoms with Gasteiger partial charge in [0.15, 0.2) is 0 Å². The Balaban J connectivity index is 1.64. The third-order valence-electron chi connectivity index (χ3n) is 4.30. The van der Waals surface area contributed by atoms with Crippen molar-refractivity contribution in [2.75, 3.05) is 31.2 Å². The number of H-pyrrole nitrogens is 1. The van der Waals surface area contributed by atoms with E-state index < -0.39 is 0 Å². The van der Waals surface area contributed by atoms with Crippen molar-refractivity contribution in [1.82, 2.24) is 9.97 Å². The smallest absolute Gasteiger partial charge is 0.203 e. The Kier molecular flexibility index (Phi) is 2.14. The second-order valence-corrected chi connectivity index (χ2v) is 5.55. The first kappa shape index (κ1) is 10.4. The highest BCUT2D eigenvalue weighted by Gasteiger charge is 2.41. The molecule has 2 aliphatic heterocycles. The van der Waals surface area contributed by atoms with Gasteiger partial charge >= 0.3 is 0 Å². The Hall–Kier alpha value is -1.55. The van der Waals surface area contributed by atoms with Crippen LogP contribution in [0.25, 0.3) is 11.0 Å². The molecule has 0 saturated carbocycles. The number of para-hydroxylation sites is 2. The van der Waals surface area contributed by atoms with Crippen LogP contribution in [0.4, 0.5) is 5.95 Å². The summed E-state index contributed by atoms with van der Waals surface area (Å²) in [6, 6.07) is 8.21. The first-order valence-electron chi connectivity index (χ1n) is 6.62. The molecule has 0 bridgehead atoms. The minimum Gasteiger partial charge on any atom is -0.381 e. The van der Waals surface area contributed by atoms with Gasteiger partial charge in [-0.3, -0.25) is 0 Å². The minimum atomic E-state index is 0.388. The molecular weight excluding hydrogens is 226 g/mol. The molecule has 4 heteroatoms. The summed E-state index contributed by atoms with van der Waals surface area (Å²) in [5, 5.41) is 0. The van der Waals surface area contributed by atoms with Crippen LogP contribution in [0.3, 0.4) is 0 Å². The number of nitrogens with one attached hydrogen (secondary N) is 1. The molecule has 2 saturated heterocycles. The van der Waals surface area contributed by atoms with Gasteiger partial charge in [0.2, 0.25) is 5.95 Å². The molecule has 3 heterocycles. The fourth-order valence-electron chi connectivity index (χ4n) is 3.18. The molecule has 1 aromatic heterocycles. The molecule has 4 nitrogen and oxygen atoms in total. The number of imidazole rings is 1. The average Bonchev–Trinajstić information content (AvgIpc) is 3.10. The molecule has 1 aromatic carbocycles. The molecule has 18 heavy (non-hydrogen) atoms. The van der Waals surface area contributed by atoms with Gasteiger partial charge in [0.05, 0.1) is 17.6 Å². The fourth-order valence-corrected chi connectivity index (χ4v) is 3.18. The van der Waals surface area contributed by atoms with Gasteiger partial charge in [0.25, 0.3) is 0 Å². The third-order valence-corrected chi connectivity index (χ3v) is 4.30. The molecule has 94 valence electrons. The summed E-state index contributed by atoms with van der Waals surface area (Å²) in [4.78, 5) is 10.5. The molecule has 2 fully saturated rings. The van der Waals surface area contributed by atoms with E-state index in [1.807, 2.05) is 12.1 Å². The van der Waals surface area contributed by atoms with E-state index in [0.717, 1.165) is 43.3 Å². The van der Waals surface area contributed by atoms with Crippen LogP contribution >= 0.6 is 0 Å². The summed E-state index contributed by atoms with van der Waals surface area (Å²) in [6.45, 7) is 4.01. The van der Waals surface area contributed by atoms with E-state index in [1.165, 1.54) is 12.8 Å². The molecule has 0 amide bonds. The summed E-state index contributed by atoms with van der Waals surface area (Å²) in [5.41, 5.74) is 2.56. The van der Waals surface area contributed by atoms with Crippen LogP contribution in [0.2, 0.25) is 0 Å². The SMILES string of the molecule is c1ccc2[nH]c(N3CCC4(CCOC4)C3)nc2c1. The number of aromatic nitrogens is 2. The number of fused-ring (bicyclic) bond motifs is 1. The molecule has 0 radical (unpaired) electrons. The standard InChI is InChI=1S/C14H17N3O/c1-2-4-12-11(3-1)15-13(16-12)17-7-5-14(9-17)6-8-18-10-14/h1-4H,5-10H2,(H,15,16). The minimum absolute atomic E-state index is 0.388. The number of ether oxygens (including phenoxy) is 1. The van der Waals surface area contributed by atoms with Crippen LogP contribution in [0.15, 0.2) is 24.3 Å². The van der Waals surface area contributed by atoms with Crippen LogP contribution in [-0.4, -0.2) is 36.3 Å². The third kappa shape index (κ3) is 1.52. The quantitative estimate of drug-likeness (QED) is 0.834. The Labute approximate surface area is 106 Å². The largest absolute Gasteiger partial charge is 0.381 e. The van der Waals surface area contributed by atoms with Crippen LogP contribution in [0.1, 0.15) is 12.8 Å².